The van der Waals surface area contributed by atoms with Crippen molar-refractivity contribution in [1.82, 2.24) is 9.88 Å². The van der Waals surface area contributed by atoms with Crippen molar-refractivity contribution in [1.29, 1.82) is 0 Å². The highest BCUT2D eigenvalue weighted by molar-refractivity contribution is 5.85. The van der Waals surface area contributed by atoms with E-state index in [1.165, 1.54) is 5.56 Å². The summed E-state index contributed by atoms with van der Waals surface area (Å²) in [5.41, 5.74) is 12.2. The third-order valence-corrected chi connectivity index (χ3v) is 4.72. The largest absolute Gasteiger partial charge is 0.368 e. The van der Waals surface area contributed by atoms with Gasteiger partial charge in [0.1, 0.15) is 0 Å². The van der Waals surface area contributed by atoms with Crippen molar-refractivity contribution >= 4 is 5.91 Å². The van der Waals surface area contributed by atoms with Crippen molar-refractivity contribution in [2.45, 2.75) is 37.6 Å². The van der Waals surface area contributed by atoms with E-state index < -0.39 is 5.54 Å². The summed E-state index contributed by atoms with van der Waals surface area (Å²) in [7, 11) is 2.11. The quantitative estimate of drug-likeness (QED) is 0.782. The molecular weight excluding hydrogens is 264 g/mol. The van der Waals surface area contributed by atoms with E-state index in [0.717, 1.165) is 45.2 Å². The number of aromatic nitrogens is 1. The number of primary amides is 1. The van der Waals surface area contributed by atoms with Gasteiger partial charge in [-0.15, -0.1) is 0 Å². The van der Waals surface area contributed by atoms with Gasteiger partial charge in [0.2, 0.25) is 5.91 Å². The van der Waals surface area contributed by atoms with E-state index in [2.05, 4.69) is 16.9 Å². The third-order valence-electron chi connectivity index (χ3n) is 4.72. The molecule has 2 rings (SSSR count). The van der Waals surface area contributed by atoms with Crippen LogP contribution in [0, 0.1) is 5.92 Å². The molecule has 5 nitrogen and oxygen atoms in total. The summed E-state index contributed by atoms with van der Waals surface area (Å²) in [6, 6.07) is 4.09. The van der Waals surface area contributed by atoms with Gasteiger partial charge in [-0.25, -0.2) is 0 Å². The summed E-state index contributed by atoms with van der Waals surface area (Å²) in [5.74, 6) is -0.122. The topological polar surface area (TPSA) is 85.2 Å². The number of nitrogens with zero attached hydrogens (tertiary/aromatic N) is 2. The van der Waals surface area contributed by atoms with Crippen molar-refractivity contribution in [3.05, 3.63) is 30.1 Å². The van der Waals surface area contributed by atoms with Crippen molar-refractivity contribution in [3.63, 3.8) is 0 Å². The normalized spacial score (nSPS) is 25.4. The molecule has 0 aliphatic heterocycles. The lowest BCUT2D eigenvalue weighted by atomic mass is 9.85. The standard InChI is InChI=1S/C16H26N4O/c1-20(11-6-13-4-9-19-10-5-13)12-7-14-3-2-8-16(14,18)15(17)21/h4-5,9-10,14H,2-3,6-8,11-12,18H2,1H3,(H2,17,21). The molecule has 2 atom stereocenters. The molecular formula is C16H26N4O. The van der Waals surface area contributed by atoms with E-state index >= 15 is 0 Å². The maximum Gasteiger partial charge on any atom is 0.237 e. The van der Waals surface area contributed by atoms with E-state index in [-0.39, 0.29) is 11.8 Å². The molecule has 0 radical (unpaired) electrons. The van der Waals surface area contributed by atoms with Crippen LogP contribution < -0.4 is 11.5 Å². The summed E-state index contributed by atoms with van der Waals surface area (Å²) >= 11 is 0. The second-order valence-corrected chi connectivity index (χ2v) is 6.19. The Balaban J connectivity index is 1.76. The zero-order valence-corrected chi connectivity index (χ0v) is 12.8. The lowest BCUT2D eigenvalue weighted by Gasteiger charge is -2.29. The highest BCUT2D eigenvalue weighted by Crippen LogP contribution is 2.35. The van der Waals surface area contributed by atoms with Crippen LogP contribution in [0.2, 0.25) is 0 Å². The first kappa shape index (κ1) is 15.9. The Morgan fingerprint density at radius 1 is 1.43 bits per heavy atom. The van der Waals surface area contributed by atoms with Gasteiger partial charge in [0.05, 0.1) is 5.54 Å². The molecule has 4 N–H and O–H groups in total. The zero-order chi connectivity index (χ0) is 15.3. The van der Waals surface area contributed by atoms with Crippen LogP contribution in [0.25, 0.3) is 0 Å². The molecule has 5 heteroatoms. The number of hydrogen-bond donors (Lipinski definition) is 2. The number of likely N-dealkylation sites (N-methyl/N-ethyl adjacent to an activating group) is 1. The molecule has 0 spiro atoms. The van der Waals surface area contributed by atoms with Crippen LogP contribution in [0.3, 0.4) is 0 Å². The Morgan fingerprint density at radius 2 is 2.14 bits per heavy atom. The van der Waals surface area contributed by atoms with Gasteiger partial charge in [0.15, 0.2) is 0 Å². The van der Waals surface area contributed by atoms with E-state index in [1.54, 1.807) is 0 Å². The maximum absolute atomic E-state index is 11.6. The van der Waals surface area contributed by atoms with Crippen LogP contribution in [0.4, 0.5) is 0 Å². The second kappa shape index (κ2) is 7.00. The van der Waals surface area contributed by atoms with E-state index in [0.29, 0.717) is 0 Å². The number of pyridine rings is 1. The van der Waals surface area contributed by atoms with Crippen molar-refractivity contribution in [2.75, 3.05) is 20.1 Å². The molecule has 2 unspecified atom stereocenters. The van der Waals surface area contributed by atoms with Crippen LogP contribution in [0.5, 0.6) is 0 Å². The monoisotopic (exact) mass is 290 g/mol. The van der Waals surface area contributed by atoms with E-state index in [9.17, 15) is 4.79 Å². The lowest BCUT2D eigenvalue weighted by Crippen LogP contribution is -2.55. The van der Waals surface area contributed by atoms with E-state index in [1.807, 2.05) is 24.5 Å². The Kier molecular flexibility index (Phi) is 5.31. The highest BCUT2D eigenvalue weighted by Gasteiger charge is 2.43. The van der Waals surface area contributed by atoms with Crippen LogP contribution in [0.15, 0.2) is 24.5 Å². The predicted octanol–water partition coefficient (Wildman–Crippen LogP) is 0.929. The van der Waals surface area contributed by atoms with Crippen LogP contribution >= 0.6 is 0 Å². The minimum atomic E-state index is -0.786. The van der Waals surface area contributed by atoms with Crippen molar-refractivity contribution in [2.24, 2.45) is 17.4 Å². The van der Waals surface area contributed by atoms with Crippen LogP contribution in [0.1, 0.15) is 31.2 Å². The van der Waals surface area contributed by atoms with E-state index in [4.69, 9.17) is 11.5 Å². The predicted molar refractivity (Wildman–Crippen MR) is 83.5 cm³/mol. The molecule has 1 saturated carbocycles. The first-order valence-electron chi connectivity index (χ1n) is 7.68. The average Bonchev–Trinajstić information content (AvgIpc) is 2.86. The molecule has 0 saturated heterocycles. The first-order chi connectivity index (χ1) is 10.0. The minimum Gasteiger partial charge on any atom is -0.368 e. The smallest absolute Gasteiger partial charge is 0.237 e. The Labute approximate surface area is 126 Å². The molecule has 1 aliphatic carbocycles. The van der Waals surface area contributed by atoms with Gasteiger partial charge in [-0.1, -0.05) is 6.42 Å². The fraction of sp³-hybridized carbons (Fsp3) is 0.625. The third kappa shape index (κ3) is 4.02. The molecule has 1 aromatic heterocycles. The fourth-order valence-electron chi connectivity index (χ4n) is 3.19. The molecule has 0 aromatic carbocycles. The number of carbonyl (C=O) groups excluding carboxylic acids is 1. The average molecular weight is 290 g/mol. The summed E-state index contributed by atoms with van der Waals surface area (Å²) in [4.78, 5) is 17.9. The molecule has 1 aliphatic rings. The Morgan fingerprint density at radius 3 is 2.81 bits per heavy atom. The lowest BCUT2D eigenvalue weighted by molar-refractivity contribution is -0.124. The van der Waals surface area contributed by atoms with Crippen LogP contribution in [-0.2, 0) is 11.2 Å². The Hall–Kier alpha value is -1.46. The number of rotatable bonds is 7. The molecule has 1 heterocycles. The SMILES string of the molecule is CN(CCc1ccncc1)CCC1CCCC1(N)C(N)=O. The molecule has 116 valence electrons. The molecule has 1 fully saturated rings. The molecule has 0 bridgehead atoms. The summed E-state index contributed by atoms with van der Waals surface area (Å²) in [6.45, 7) is 1.94. The van der Waals surface area contributed by atoms with Gasteiger partial charge >= 0.3 is 0 Å². The first-order valence-corrected chi connectivity index (χ1v) is 7.68. The van der Waals surface area contributed by atoms with Gasteiger partial charge in [-0.2, -0.15) is 0 Å². The van der Waals surface area contributed by atoms with Gasteiger partial charge in [-0.3, -0.25) is 9.78 Å². The Bertz CT molecular complexity index is 465. The van der Waals surface area contributed by atoms with Crippen molar-refractivity contribution in [3.8, 4) is 0 Å². The van der Waals surface area contributed by atoms with Crippen molar-refractivity contribution < 1.29 is 4.79 Å². The fourth-order valence-corrected chi connectivity index (χ4v) is 3.19. The number of amides is 1. The van der Waals surface area contributed by atoms with Gasteiger partial charge in [0, 0.05) is 18.9 Å². The molecule has 1 aromatic rings. The number of carbonyl (C=O) groups is 1. The van der Waals surface area contributed by atoms with Crippen LogP contribution in [-0.4, -0.2) is 41.5 Å². The van der Waals surface area contributed by atoms with Gasteiger partial charge in [0.25, 0.3) is 0 Å². The number of hydrogen-bond acceptors (Lipinski definition) is 4. The molecule has 1 amide bonds. The zero-order valence-electron chi connectivity index (χ0n) is 12.8. The highest BCUT2D eigenvalue weighted by atomic mass is 16.1. The minimum absolute atomic E-state index is 0.221. The maximum atomic E-state index is 11.6. The van der Waals surface area contributed by atoms with Gasteiger partial charge in [-0.05, 0) is 62.9 Å². The second-order valence-electron chi connectivity index (χ2n) is 6.19. The summed E-state index contributed by atoms with van der Waals surface area (Å²) in [6.07, 6.45) is 8.34. The summed E-state index contributed by atoms with van der Waals surface area (Å²) in [5, 5.41) is 0. The number of nitrogens with two attached hydrogens (primary N) is 2. The molecule has 21 heavy (non-hydrogen) atoms. The summed E-state index contributed by atoms with van der Waals surface area (Å²) < 4.78 is 0. The van der Waals surface area contributed by atoms with Gasteiger partial charge < -0.3 is 16.4 Å².